The van der Waals surface area contributed by atoms with Crippen LogP contribution in [0.3, 0.4) is 0 Å². The molecule has 2 amide bonds. The van der Waals surface area contributed by atoms with Gasteiger partial charge in [-0.3, -0.25) is 19.2 Å². The van der Waals surface area contributed by atoms with E-state index in [0.29, 0.717) is 0 Å². The number of nitrogens with one attached hydrogen (secondary N) is 2. The van der Waals surface area contributed by atoms with Gasteiger partial charge in [-0.15, -0.1) is 0 Å². The second-order valence-corrected chi connectivity index (χ2v) is 6.98. The van der Waals surface area contributed by atoms with Crippen LogP contribution >= 0.6 is 25.3 Å². The minimum absolute atomic E-state index is 0.0357. The standard InChI is InChI=1S/2C8H14N2O5S/c2*9-4(7(12)13)1-2-6(11)10-5(3-16)8(14)15/h2*4-5,16H,1-3,9H2,(H,10,11)(H,12,13)(H,14,15). The van der Waals surface area contributed by atoms with Crippen LogP contribution in [-0.2, 0) is 28.8 Å². The molecular weight excluding hydrogens is 472 g/mol. The smallest absolute Gasteiger partial charge is 0.327 e. The van der Waals surface area contributed by atoms with E-state index in [2.05, 4.69) is 35.9 Å². The fourth-order valence-electron chi connectivity index (χ4n) is 1.72. The SMILES string of the molecule is NC(CCC(=O)NC(CS)C(=O)O)C(=O)O.NC(CCC(=O)NC(CS)C(=O)O)C(=O)O. The molecule has 0 bridgehead atoms. The lowest BCUT2D eigenvalue weighted by atomic mass is 10.1. The van der Waals surface area contributed by atoms with Crippen LogP contribution in [0.1, 0.15) is 25.7 Å². The van der Waals surface area contributed by atoms with E-state index in [4.69, 9.17) is 31.9 Å². The Bertz CT molecular complexity index is 623. The van der Waals surface area contributed by atoms with Gasteiger partial charge in [-0.1, -0.05) is 0 Å². The topological polar surface area (TPSA) is 259 Å². The Morgan fingerprint density at radius 2 is 0.906 bits per heavy atom. The number of carboxylic acids is 4. The number of carboxylic acid groups (broad SMARTS) is 4. The fraction of sp³-hybridized carbons (Fsp3) is 0.625. The van der Waals surface area contributed by atoms with Gasteiger partial charge < -0.3 is 42.5 Å². The molecule has 14 nitrogen and oxygen atoms in total. The highest BCUT2D eigenvalue weighted by Crippen LogP contribution is 1.98. The molecule has 0 rings (SSSR count). The summed E-state index contributed by atoms with van der Waals surface area (Å²) in [6, 6.07) is -4.39. The van der Waals surface area contributed by atoms with Gasteiger partial charge in [0.15, 0.2) is 0 Å². The largest absolute Gasteiger partial charge is 0.480 e. The van der Waals surface area contributed by atoms with Gasteiger partial charge in [0.25, 0.3) is 0 Å². The van der Waals surface area contributed by atoms with Crippen molar-refractivity contribution >= 4 is 60.9 Å². The number of hydrogen-bond acceptors (Lipinski definition) is 10. The number of nitrogens with two attached hydrogens (primary N) is 2. The Kier molecular flexibility index (Phi) is 16.8. The maximum atomic E-state index is 11.2. The first-order valence-electron chi connectivity index (χ1n) is 8.99. The molecule has 0 radical (unpaired) electrons. The molecule has 4 atom stereocenters. The number of carbonyl (C=O) groups excluding carboxylic acids is 2. The summed E-state index contributed by atoms with van der Waals surface area (Å²) in [5.74, 6) is -5.96. The van der Waals surface area contributed by atoms with Crippen molar-refractivity contribution in [3.8, 4) is 0 Å². The van der Waals surface area contributed by atoms with E-state index in [1.165, 1.54) is 0 Å². The average molecular weight is 501 g/mol. The molecule has 4 unspecified atom stereocenters. The van der Waals surface area contributed by atoms with Crippen molar-refractivity contribution in [3.63, 3.8) is 0 Å². The predicted molar refractivity (Wildman–Crippen MR) is 117 cm³/mol. The molecule has 0 aromatic heterocycles. The summed E-state index contributed by atoms with van der Waals surface area (Å²) in [4.78, 5) is 64.1. The molecule has 0 aliphatic rings. The van der Waals surface area contributed by atoms with E-state index >= 15 is 0 Å². The minimum Gasteiger partial charge on any atom is -0.480 e. The van der Waals surface area contributed by atoms with Crippen molar-refractivity contribution in [1.82, 2.24) is 10.6 Å². The zero-order valence-corrected chi connectivity index (χ0v) is 18.6. The molecule has 0 heterocycles. The highest BCUT2D eigenvalue weighted by atomic mass is 32.1. The Balaban J connectivity index is 0. The molecule has 0 saturated heterocycles. The number of hydrogen-bond donors (Lipinski definition) is 10. The van der Waals surface area contributed by atoms with Crippen molar-refractivity contribution in [1.29, 1.82) is 0 Å². The van der Waals surface area contributed by atoms with Gasteiger partial charge in [0.05, 0.1) is 0 Å². The molecule has 0 aliphatic heterocycles. The lowest BCUT2D eigenvalue weighted by Gasteiger charge is -2.12. The summed E-state index contributed by atoms with van der Waals surface area (Å²) < 4.78 is 0. The van der Waals surface area contributed by atoms with E-state index in [1.54, 1.807) is 0 Å². The first kappa shape index (κ1) is 31.6. The number of rotatable bonds is 14. The normalized spacial score (nSPS) is 13.9. The summed E-state index contributed by atoms with van der Waals surface area (Å²) in [5, 5.41) is 38.5. The zero-order chi connectivity index (χ0) is 25.4. The third kappa shape index (κ3) is 15.3. The van der Waals surface area contributed by atoms with Gasteiger partial charge in [-0.05, 0) is 12.8 Å². The van der Waals surface area contributed by atoms with Crippen molar-refractivity contribution in [3.05, 3.63) is 0 Å². The van der Waals surface area contributed by atoms with Crippen molar-refractivity contribution in [2.24, 2.45) is 11.5 Å². The van der Waals surface area contributed by atoms with Crippen LogP contribution in [0.25, 0.3) is 0 Å². The molecule has 0 aromatic rings. The summed E-state index contributed by atoms with van der Waals surface area (Å²) in [7, 11) is 0. The van der Waals surface area contributed by atoms with E-state index in [1.807, 2.05) is 0 Å². The van der Waals surface area contributed by atoms with Gasteiger partial charge in [0.1, 0.15) is 24.2 Å². The average Bonchev–Trinajstić information content (AvgIpc) is 2.71. The van der Waals surface area contributed by atoms with Crippen molar-refractivity contribution < 1.29 is 49.2 Å². The number of thiol groups is 2. The Hall–Kier alpha value is -2.56. The first-order valence-corrected chi connectivity index (χ1v) is 10.3. The highest BCUT2D eigenvalue weighted by Gasteiger charge is 2.20. The van der Waals surface area contributed by atoms with Crippen LogP contribution in [0.4, 0.5) is 0 Å². The molecule has 10 N–H and O–H groups in total. The maximum absolute atomic E-state index is 11.2. The second-order valence-electron chi connectivity index (χ2n) is 6.25. The number of amides is 2. The van der Waals surface area contributed by atoms with Crippen LogP contribution in [0.5, 0.6) is 0 Å². The van der Waals surface area contributed by atoms with Crippen LogP contribution < -0.4 is 22.1 Å². The Labute approximate surface area is 193 Å². The van der Waals surface area contributed by atoms with Gasteiger partial charge in [0, 0.05) is 24.3 Å². The molecule has 0 fully saturated rings. The van der Waals surface area contributed by atoms with Crippen LogP contribution in [0, 0.1) is 0 Å². The van der Waals surface area contributed by atoms with Crippen molar-refractivity contribution in [2.75, 3.05) is 11.5 Å². The van der Waals surface area contributed by atoms with Gasteiger partial charge >= 0.3 is 23.9 Å². The molecule has 16 heteroatoms. The fourth-order valence-corrected chi connectivity index (χ4v) is 2.22. The zero-order valence-electron chi connectivity index (χ0n) is 16.8. The van der Waals surface area contributed by atoms with Gasteiger partial charge in [0.2, 0.25) is 11.8 Å². The maximum Gasteiger partial charge on any atom is 0.327 e. The van der Waals surface area contributed by atoms with Crippen molar-refractivity contribution in [2.45, 2.75) is 49.9 Å². The number of carbonyl (C=O) groups is 6. The van der Waals surface area contributed by atoms with E-state index in [-0.39, 0.29) is 37.2 Å². The van der Waals surface area contributed by atoms with Crippen LogP contribution in [-0.4, -0.2) is 91.8 Å². The third-order valence-electron chi connectivity index (χ3n) is 3.63. The van der Waals surface area contributed by atoms with Gasteiger partial charge in [-0.25, -0.2) is 9.59 Å². The Morgan fingerprint density at radius 1 is 0.625 bits per heavy atom. The molecule has 0 aromatic carbocycles. The molecule has 32 heavy (non-hydrogen) atoms. The summed E-state index contributed by atoms with van der Waals surface area (Å²) in [5.41, 5.74) is 10.4. The molecule has 0 saturated carbocycles. The molecule has 0 aliphatic carbocycles. The first-order chi connectivity index (χ1) is 14.8. The molecule has 0 spiro atoms. The summed E-state index contributed by atoms with van der Waals surface area (Å²) >= 11 is 7.51. The quantitative estimate of drug-likeness (QED) is 0.110. The lowest BCUT2D eigenvalue weighted by molar-refractivity contribution is -0.141. The summed E-state index contributed by atoms with van der Waals surface area (Å²) in [6.45, 7) is 0. The molecule has 184 valence electrons. The summed E-state index contributed by atoms with van der Waals surface area (Å²) in [6.07, 6.45) is -0.351. The monoisotopic (exact) mass is 500 g/mol. The highest BCUT2D eigenvalue weighted by molar-refractivity contribution is 7.80. The van der Waals surface area contributed by atoms with E-state index in [0.717, 1.165) is 0 Å². The Morgan fingerprint density at radius 3 is 1.09 bits per heavy atom. The lowest BCUT2D eigenvalue weighted by Crippen LogP contribution is -2.42. The van der Waals surface area contributed by atoms with Gasteiger partial charge in [-0.2, -0.15) is 25.3 Å². The second kappa shape index (κ2) is 17.0. The van der Waals surface area contributed by atoms with Crippen LogP contribution in [0.15, 0.2) is 0 Å². The van der Waals surface area contributed by atoms with E-state index in [9.17, 15) is 28.8 Å². The van der Waals surface area contributed by atoms with E-state index < -0.39 is 59.9 Å². The predicted octanol–water partition coefficient (Wildman–Crippen LogP) is -2.64. The third-order valence-corrected chi connectivity index (χ3v) is 4.36. The molecular formula is C16H28N4O10S2. The van der Waals surface area contributed by atoms with Crippen LogP contribution in [0.2, 0.25) is 0 Å². The number of aliphatic carboxylic acids is 4. The minimum atomic E-state index is -1.20.